The molecule has 1 aliphatic heterocycles. The van der Waals surface area contributed by atoms with Crippen LogP contribution < -0.4 is 4.90 Å². The molecule has 0 saturated carbocycles. The molecule has 0 aliphatic carbocycles. The highest BCUT2D eigenvalue weighted by molar-refractivity contribution is 7.16. The van der Waals surface area contributed by atoms with Crippen molar-refractivity contribution in [2.75, 3.05) is 31.1 Å². The van der Waals surface area contributed by atoms with Crippen molar-refractivity contribution in [3.8, 4) is 0 Å². The van der Waals surface area contributed by atoms with Crippen molar-refractivity contribution in [2.24, 2.45) is 0 Å². The van der Waals surface area contributed by atoms with Crippen molar-refractivity contribution in [1.82, 2.24) is 9.88 Å². The Morgan fingerprint density at radius 2 is 1.83 bits per heavy atom. The van der Waals surface area contributed by atoms with Gasteiger partial charge < -0.3 is 4.90 Å². The molecular formula is C15H15ClF3N3S. The third-order valence-corrected chi connectivity index (χ3v) is 5.00. The number of thiophene rings is 1. The summed E-state index contributed by atoms with van der Waals surface area (Å²) in [5.41, 5.74) is -0.713. The van der Waals surface area contributed by atoms with Gasteiger partial charge in [0.1, 0.15) is 5.82 Å². The van der Waals surface area contributed by atoms with Crippen LogP contribution in [0.15, 0.2) is 30.5 Å². The van der Waals surface area contributed by atoms with Crippen molar-refractivity contribution in [1.29, 1.82) is 0 Å². The van der Waals surface area contributed by atoms with Crippen molar-refractivity contribution < 1.29 is 13.2 Å². The standard InChI is InChI=1S/C15H15ClF3N3S/c16-13-3-2-12(23-13)10-21-5-7-22(8-6-21)14-4-1-11(9-20-14)15(17,18)19/h1-4,9H,5-8,10H2. The van der Waals surface area contributed by atoms with Gasteiger partial charge in [-0.2, -0.15) is 13.2 Å². The molecule has 0 bridgehead atoms. The van der Waals surface area contributed by atoms with Crippen LogP contribution >= 0.6 is 22.9 Å². The van der Waals surface area contributed by atoms with Crippen LogP contribution in [0.2, 0.25) is 4.34 Å². The van der Waals surface area contributed by atoms with Gasteiger partial charge in [-0.1, -0.05) is 11.6 Å². The minimum absolute atomic E-state index is 0.594. The molecule has 1 saturated heterocycles. The molecule has 1 fully saturated rings. The van der Waals surface area contributed by atoms with E-state index in [1.165, 1.54) is 10.9 Å². The lowest BCUT2D eigenvalue weighted by molar-refractivity contribution is -0.137. The van der Waals surface area contributed by atoms with E-state index in [9.17, 15) is 13.2 Å². The Hall–Kier alpha value is -1.31. The average Bonchev–Trinajstić information content (AvgIpc) is 2.92. The molecule has 2 aromatic rings. The molecule has 23 heavy (non-hydrogen) atoms. The summed E-state index contributed by atoms with van der Waals surface area (Å²) >= 11 is 7.50. The van der Waals surface area contributed by atoms with Gasteiger partial charge in [0.05, 0.1) is 9.90 Å². The number of anilines is 1. The Kier molecular flexibility index (Phi) is 4.79. The van der Waals surface area contributed by atoms with Crippen molar-refractivity contribution in [2.45, 2.75) is 12.7 Å². The van der Waals surface area contributed by atoms with Gasteiger partial charge in [0, 0.05) is 43.8 Å². The van der Waals surface area contributed by atoms with Crippen LogP contribution in [0.25, 0.3) is 0 Å². The van der Waals surface area contributed by atoms with Gasteiger partial charge in [-0.25, -0.2) is 4.98 Å². The molecule has 0 spiro atoms. The lowest BCUT2D eigenvalue weighted by Crippen LogP contribution is -2.46. The molecule has 0 atom stereocenters. The van der Waals surface area contributed by atoms with Gasteiger partial charge in [0.25, 0.3) is 0 Å². The molecule has 0 unspecified atom stereocenters. The Balaban J connectivity index is 1.56. The van der Waals surface area contributed by atoms with E-state index in [2.05, 4.69) is 9.88 Å². The molecule has 3 rings (SSSR count). The van der Waals surface area contributed by atoms with E-state index >= 15 is 0 Å². The first-order valence-corrected chi connectivity index (χ1v) is 8.36. The van der Waals surface area contributed by atoms with E-state index in [1.807, 2.05) is 17.0 Å². The molecule has 0 amide bonds. The number of piperazine rings is 1. The number of hydrogen-bond acceptors (Lipinski definition) is 4. The number of aromatic nitrogens is 1. The van der Waals surface area contributed by atoms with Gasteiger partial charge in [-0.05, 0) is 24.3 Å². The summed E-state index contributed by atoms with van der Waals surface area (Å²) < 4.78 is 38.4. The van der Waals surface area contributed by atoms with Crippen LogP contribution in [0.1, 0.15) is 10.4 Å². The Morgan fingerprint density at radius 3 is 2.35 bits per heavy atom. The van der Waals surface area contributed by atoms with Crippen molar-refractivity contribution in [3.63, 3.8) is 0 Å². The second-order valence-electron chi connectivity index (χ2n) is 5.37. The summed E-state index contributed by atoms with van der Waals surface area (Å²) in [5, 5.41) is 0. The third kappa shape index (κ3) is 4.16. The predicted octanol–water partition coefficient (Wildman–Crippen LogP) is 4.14. The van der Waals surface area contributed by atoms with E-state index < -0.39 is 11.7 Å². The van der Waals surface area contributed by atoms with Gasteiger partial charge in [-0.15, -0.1) is 11.3 Å². The molecule has 3 nitrogen and oxygen atoms in total. The SMILES string of the molecule is FC(F)(F)c1ccc(N2CCN(Cc3ccc(Cl)s3)CC2)nc1. The summed E-state index contributed by atoms with van der Waals surface area (Å²) in [6.45, 7) is 4.04. The van der Waals surface area contributed by atoms with E-state index in [0.29, 0.717) is 5.82 Å². The zero-order valence-electron chi connectivity index (χ0n) is 12.2. The van der Waals surface area contributed by atoms with Crippen molar-refractivity contribution >= 4 is 28.8 Å². The van der Waals surface area contributed by atoms with Crippen LogP contribution in [-0.4, -0.2) is 36.1 Å². The summed E-state index contributed by atoms with van der Waals surface area (Å²) in [5.74, 6) is 0.594. The quantitative estimate of drug-likeness (QED) is 0.819. The maximum atomic E-state index is 12.6. The zero-order valence-corrected chi connectivity index (χ0v) is 13.8. The van der Waals surface area contributed by atoms with Crippen LogP contribution in [0, 0.1) is 0 Å². The number of pyridine rings is 1. The first-order valence-electron chi connectivity index (χ1n) is 7.16. The number of nitrogens with zero attached hydrogens (tertiary/aromatic N) is 3. The maximum absolute atomic E-state index is 12.6. The average molecular weight is 362 g/mol. The normalized spacial score (nSPS) is 16.8. The van der Waals surface area contributed by atoms with Crippen LogP contribution in [-0.2, 0) is 12.7 Å². The summed E-state index contributed by atoms with van der Waals surface area (Å²) in [7, 11) is 0. The topological polar surface area (TPSA) is 19.4 Å². The fraction of sp³-hybridized carbons (Fsp3) is 0.400. The number of rotatable bonds is 3. The van der Waals surface area contributed by atoms with Crippen LogP contribution in [0.4, 0.5) is 19.0 Å². The molecule has 0 N–H and O–H groups in total. The minimum Gasteiger partial charge on any atom is -0.354 e. The highest BCUT2D eigenvalue weighted by Gasteiger charge is 2.31. The Bertz CT molecular complexity index is 649. The molecule has 1 aliphatic rings. The second kappa shape index (κ2) is 6.67. The predicted molar refractivity (Wildman–Crippen MR) is 86.1 cm³/mol. The zero-order chi connectivity index (χ0) is 16.4. The van der Waals surface area contributed by atoms with E-state index in [1.54, 1.807) is 11.3 Å². The van der Waals surface area contributed by atoms with E-state index in [4.69, 9.17) is 11.6 Å². The van der Waals surface area contributed by atoms with E-state index in [-0.39, 0.29) is 0 Å². The lowest BCUT2D eigenvalue weighted by Gasteiger charge is -2.35. The van der Waals surface area contributed by atoms with Gasteiger partial charge in [-0.3, -0.25) is 4.90 Å². The fourth-order valence-electron chi connectivity index (χ4n) is 2.53. The summed E-state index contributed by atoms with van der Waals surface area (Å²) in [6.07, 6.45) is -3.44. The van der Waals surface area contributed by atoms with Crippen LogP contribution in [0.5, 0.6) is 0 Å². The molecular weight excluding hydrogens is 347 g/mol. The van der Waals surface area contributed by atoms with Gasteiger partial charge in [0.15, 0.2) is 0 Å². The number of hydrogen-bond donors (Lipinski definition) is 0. The third-order valence-electron chi connectivity index (χ3n) is 3.78. The maximum Gasteiger partial charge on any atom is 0.417 e. The molecule has 3 heterocycles. The molecule has 0 radical (unpaired) electrons. The molecule has 8 heteroatoms. The largest absolute Gasteiger partial charge is 0.417 e. The lowest BCUT2D eigenvalue weighted by atomic mass is 10.2. The molecule has 2 aromatic heterocycles. The first-order chi connectivity index (χ1) is 10.9. The fourth-order valence-corrected chi connectivity index (χ4v) is 3.66. The Labute approximate surface area is 141 Å². The molecule has 124 valence electrons. The van der Waals surface area contributed by atoms with Gasteiger partial charge in [0.2, 0.25) is 0 Å². The monoisotopic (exact) mass is 361 g/mol. The molecule has 0 aromatic carbocycles. The minimum atomic E-state index is -4.34. The smallest absolute Gasteiger partial charge is 0.354 e. The highest BCUT2D eigenvalue weighted by Crippen LogP contribution is 2.29. The second-order valence-corrected chi connectivity index (χ2v) is 7.17. The van der Waals surface area contributed by atoms with Gasteiger partial charge >= 0.3 is 6.18 Å². The summed E-state index contributed by atoms with van der Waals surface area (Å²) in [4.78, 5) is 9.49. The first kappa shape index (κ1) is 16.5. The van der Waals surface area contributed by atoms with Crippen LogP contribution in [0.3, 0.4) is 0 Å². The summed E-state index contributed by atoms with van der Waals surface area (Å²) in [6, 6.07) is 6.45. The highest BCUT2D eigenvalue weighted by atomic mass is 35.5. The van der Waals surface area contributed by atoms with E-state index in [0.717, 1.165) is 49.3 Å². The number of alkyl halides is 3. The number of halogens is 4. The Morgan fingerprint density at radius 1 is 1.09 bits per heavy atom. The van der Waals surface area contributed by atoms with Crippen molar-refractivity contribution in [3.05, 3.63) is 45.2 Å².